The van der Waals surface area contributed by atoms with Gasteiger partial charge < -0.3 is 15.0 Å². The van der Waals surface area contributed by atoms with Crippen molar-refractivity contribution in [2.45, 2.75) is 31.5 Å². The molecule has 1 N–H and O–H groups in total. The van der Waals surface area contributed by atoms with Crippen LogP contribution in [0.3, 0.4) is 0 Å². The maximum Gasteiger partial charge on any atom is 0.319 e. The molecular formula is C20H21F2N3O3. The minimum atomic E-state index is -2.78. The summed E-state index contributed by atoms with van der Waals surface area (Å²) >= 11 is 0. The molecule has 2 saturated heterocycles. The standard InChI is InChI=1S/C20H21F2N3O3/c1-13-7-8-15(25(13)19(21)22)18(27)24-10-9-20(14-5-3-2-4-6-14)16(11-24)28-12-17(26)23-20/h2-8,16,19H,9-12H2,1H3,(H,23,26)/t16-,20+/m1/s1. The molecule has 0 aliphatic carbocycles. The highest BCUT2D eigenvalue weighted by Gasteiger charge is 2.50. The van der Waals surface area contributed by atoms with Crippen molar-refractivity contribution >= 4 is 11.8 Å². The molecule has 2 aliphatic rings. The Morgan fingerprint density at radius 1 is 1.25 bits per heavy atom. The van der Waals surface area contributed by atoms with Crippen LogP contribution in [0.2, 0.25) is 0 Å². The predicted octanol–water partition coefficient (Wildman–Crippen LogP) is 2.45. The second kappa shape index (κ2) is 7.01. The Hall–Kier alpha value is -2.74. The first-order chi connectivity index (χ1) is 13.4. The third-order valence-corrected chi connectivity index (χ3v) is 5.60. The molecule has 1 aromatic carbocycles. The number of likely N-dealkylation sites (tertiary alicyclic amines) is 1. The second-order valence-electron chi connectivity index (χ2n) is 7.19. The predicted molar refractivity (Wildman–Crippen MR) is 96.9 cm³/mol. The van der Waals surface area contributed by atoms with Gasteiger partial charge in [0.15, 0.2) is 0 Å². The molecule has 28 heavy (non-hydrogen) atoms. The third-order valence-electron chi connectivity index (χ3n) is 5.60. The lowest BCUT2D eigenvalue weighted by Crippen LogP contribution is -2.67. The summed E-state index contributed by atoms with van der Waals surface area (Å²) in [6.07, 6.45) is -0.0190. The number of fused-ring (bicyclic) bond motifs is 1. The average Bonchev–Trinajstić information content (AvgIpc) is 3.09. The fraction of sp³-hybridized carbons (Fsp3) is 0.400. The summed E-state index contributed by atoms with van der Waals surface area (Å²) in [6, 6.07) is 12.4. The molecule has 4 rings (SSSR count). The van der Waals surface area contributed by atoms with Crippen molar-refractivity contribution in [3.8, 4) is 0 Å². The van der Waals surface area contributed by atoms with Gasteiger partial charge in [0.2, 0.25) is 5.91 Å². The monoisotopic (exact) mass is 389 g/mol. The first kappa shape index (κ1) is 18.6. The molecule has 2 amide bonds. The van der Waals surface area contributed by atoms with Crippen LogP contribution >= 0.6 is 0 Å². The molecular weight excluding hydrogens is 368 g/mol. The minimum Gasteiger partial charge on any atom is -0.364 e. The summed E-state index contributed by atoms with van der Waals surface area (Å²) in [5, 5.41) is 3.05. The van der Waals surface area contributed by atoms with E-state index >= 15 is 0 Å². The number of aryl methyl sites for hydroxylation is 1. The van der Waals surface area contributed by atoms with Gasteiger partial charge in [-0.05, 0) is 31.0 Å². The molecule has 2 aromatic rings. The van der Waals surface area contributed by atoms with Gasteiger partial charge in [-0.25, -0.2) is 0 Å². The second-order valence-corrected chi connectivity index (χ2v) is 7.19. The number of benzene rings is 1. The Bertz CT molecular complexity index is 899. The van der Waals surface area contributed by atoms with E-state index in [-0.39, 0.29) is 24.8 Å². The first-order valence-electron chi connectivity index (χ1n) is 9.16. The van der Waals surface area contributed by atoms with Crippen LogP contribution in [0, 0.1) is 6.92 Å². The van der Waals surface area contributed by atoms with Gasteiger partial charge in [-0.2, -0.15) is 8.78 Å². The molecule has 1 aromatic heterocycles. The lowest BCUT2D eigenvalue weighted by molar-refractivity contribution is -0.150. The molecule has 2 aliphatic heterocycles. The normalized spacial score (nSPS) is 24.8. The van der Waals surface area contributed by atoms with Crippen LogP contribution < -0.4 is 5.32 Å². The number of piperidine rings is 1. The molecule has 3 heterocycles. The molecule has 8 heteroatoms. The quantitative estimate of drug-likeness (QED) is 0.877. The van der Waals surface area contributed by atoms with Crippen molar-refractivity contribution in [3.05, 3.63) is 59.4 Å². The van der Waals surface area contributed by atoms with Crippen molar-refractivity contribution < 1.29 is 23.1 Å². The Morgan fingerprint density at radius 3 is 2.71 bits per heavy atom. The van der Waals surface area contributed by atoms with Gasteiger partial charge in [0.1, 0.15) is 18.4 Å². The number of ether oxygens (including phenoxy) is 1. The van der Waals surface area contributed by atoms with Gasteiger partial charge in [-0.3, -0.25) is 14.2 Å². The van der Waals surface area contributed by atoms with Gasteiger partial charge in [-0.1, -0.05) is 30.3 Å². The Morgan fingerprint density at radius 2 is 2.00 bits per heavy atom. The van der Waals surface area contributed by atoms with Gasteiger partial charge in [0, 0.05) is 18.8 Å². The van der Waals surface area contributed by atoms with E-state index in [0.717, 1.165) is 10.1 Å². The summed E-state index contributed by atoms with van der Waals surface area (Å²) in [6.45, 7) is -0.803. The largest absolute Gasteiger partial charge is 0.364 e. The van der Waals surface area contributed by atoms with Crippen molar-refractivity contribution in [1.82, 2.24) is 14.8 Å². The fourth-order valence-electron chi connectivity index (χ4n) is 4.19. The topological polar surface area (TPSA) is 63.6 Å². The van der Waals surface area contributed by atoms with Gasteiger partial charge in [0.25, 0.3) is 5.91 Å². The van der Waals surface area contributed by atoms with Crippen LogP contribution in [-0.2, 0) is 15.1 Å². The van der Waals surface area contributed by atoms with Gasteiger partial charge in [-0.15, -0.1) is 0 Å². The van der Waals surface area contributed by atoms with Crippen LogP contribution in [0.25, 0.3) is 0 Å². The van der Waals surface area contributed by atoms with Crippen molar-refractivity contribution in [2.24, 2.45) is 0 Å². The minimum absolute atomic E-state index is 0.0421. The highest BCUT2D eigenvalue weighted by atomic mass is 19.3. The number of morpholine rings is 1. The number of rotatable bonds is 3. The number of nitrogens with one attached hydrogen (secondary N) is 1. The molecule has 0 spiro atoms. The number of nitrogens with zero attached hydrogens (tertiary/aromatic N) is 2. The Balaban J connectivity index is 1.62. The van der Waals surface area contributed by atoms with E-state index < -0.39 is 24.1 Å². The van der Waals surface area contributed by atoms with E-state index in [1.54, 1.807) is 6.92 Å². The molecule has 2 atom stereocenters. The summed E-state index contributed by atoms with van der Waals surface area (Å²) < 4.78 is 33.3. The summed E-state index contributed by atoms with van der Waals surface area (Å²) in [4.78, 5) is 26.5. The van der Waals surface area contributed by atoms with Crippen LogP contribution in [0.5, 0.6) is 0 Å². The maximum atomic E-state index is 13.4. The smallest absolute Gasteiger partial charge is 0.319 e. The van der Waals surface area contributed by atoms with Crippen LogP contribution in [0.4, 0.5) is 8.78 Å². The Kier molecular flexibility index (Phi) is 4.66. The zero-order valence-electron chi connectivity index (χ0n) is 15.4. The SMILES string of the molecule is Cc1ccc(C(=O)N2CC[C@@]3(c4ccccc4)NC(=O)CO[C@@H]3C2)n1C(F)F. The Labute approximate surface area is 161 Å². The van der Waals surface area contributed by atoms with E-state index in [0.29, 0.717) is 18.7 Å². The van der Waals surface area contributed by atoms with Crippen molar-refractivity contribution in [3.63, 3.8) is 0 Å². The van der Waals surface area contributed by atoms with E-state index in [2.05, 4.69) is 5.32 Å². The van der Waals surface area contributed by atoms with E-state index in [9.17, 15) is 18.4 Å². The molecule has 148 valence electrons. The summed E-state index contributed by atoms with van der Waals surface area (Å²) in [5.41, 5.74) is 0.468. The van der Waals surface area contributed by atoms with Crippen molar-refractivity contribution in [1.29, 1.82) is 0 Å². The highest BCUT2D eigenvalue weighted by molar-refractivity contribution is 5.93. The van der Waals surface area contributed by atoms with Crippen LogP contribution in [-0.4, -0.2) is 47.1 Å². The number of hydrogen-bond donors (Lipinski definition) is 1. The number of amides is 2. The number of aromatic nitrogens is 1. The molecule has 0 radical (unpaired) electrons. The molecule has 6 nitrogen and oxygen atoms in total. The maximum absolute atomic E-state index is 13.4. The van der Waals surface area contributed by atoms with E-state index in [4.69, 9.17) is 4.74 Å². The zero-order valence-corrected chi connectivity index (χ0v) is 15.4. The number of alkyl halides is 2. The average molecular weight is 389 g/mol. The molecule has 0 bridgehead atoms. The van der Waals surface area contributed by atoms with E-state index in [1.165, 1.54) is 17.0 Å². The first-order valence-corrected chi connectivity index (χ1v) is 9.16. The number of carbonyl (C=O) groups is 2. The molecule has 0 saturated carbocycles. The molecule has 2 fully saturated rings. The summed E-state index contributed by atoms with van der Waals surface area (Å²) in [7, 11) is 0. The van der Waals surface area contributed by atoms with Gasteiger partial charge >= 0.3 is 6.55 Å². The summed E-state index contributed by atoms with van der Waals surface area (Å²) in [5.74, 6) is -0.669. The number of carbonyl (C=O) groups excluding carboxylic acids is 2. The fourth-order valence-corrected chi connectivity index (χ4v) is 4.19. The zero-order chi connectivity index (χ0) is 19.9. The number of hydrogen-bond acceptors (Lipinski definition) is 3. The number of halogens is 2. The lowest BCUT2D eigenvalue weighted by atomic mass is 9.77. The van der Waals surface area contributed by atoms with Crippen LogP contribution in [0.15, 0.2) is 42.5 Å². The van der Waals surface area contributed by atoms with Gasteiger partial charge in [0.05, 0.1) is 5.54 Å². The molecule has 0 unspecified atom stereocenters. The lowest BCUT2D eigenvalue weighted by Gasteiger charge is -2.50. The highest BCUT2D eigenvalue weighted by Crippen LogP contribution is 2.37. The third kappa shape index (κ3) is 2.97. The van der Waals surface area contributed by atoms with Crippen molar-refractivity contribution in [2.75, 3.05) is 19.7 Å². The van der Waals surface area contributed by atoms with E-state index in [1.807, 2.05) is 30.3 Å². The van der Waals surface area contributed by atoms with Crippen LogP contribution in [0.1, 0.15) is 34.7 Å².